The predicted octanol–water partition coefficient (Wildman–Crippen LogP) is 2.66. The number of rotatable bonds is 3. The van der Waals surface area contributed by atoms with Gasteiger partial charge in [0.25, 0.3) is 0 Å². The molecule has 0 unspecified atom stereocenters. The van der Waals surface area contributed by atoms with Crippen LogP contribution < -0.4 is 10.5 Å². The molecular formula is C10H6BrFN4O3. The van der Waals surface area contributed by atoms with E-state index in [9.17, 15) is 14.5 Å². The number of aromatic nitrogens is 2. The van der Waals surface area contributed by atoms with E-state index in [0.29, 0.717) is 0 Å². The number of nitrogens with two attached hydrogens (primary N) is 1. The van der Waals surface area contributed by atoms with Crippen LogP contribution in [-0.4, -0.2) is 14.9 Å². The van der Waals surface area contributed by atoms with E-state index in [0.717, 1.165) is 18.5 Å². The molecule has 1 aromatic carbocycles. The highest BCUT2D eigenvalue weighted by Crippen LogP contribution is 2.34. The lowest BCUT2D eigenvalue weighted by Gasteiger charge is -2.06. The smallest absolute Gasteiger partial charge is 0.312 e. The second-order valence-corrected chi connectivity index (χ2v) is 4.23. The van der Waals surface area contributed by atoms with Crippen LogP contribution in [0.1, 0.15) is 0 Å². The molecule has 0 amide bonds. The first-order chi connectivity index (χ1) is 8.97. The van der Waals surface area contributed by atoms with Crippen molar-refractivity contribution in [1.82, 2.24) is 9.97 Å². The highest BCUT2D eigenvalue weighted by Gasteiger charge is 2.20. The summed E-state index contributed by atoms with van der Waals surface area (Å²) in [6.07, 6.45) is 1.13. The van der Waals surface area contributed by atoms with E-state index in [1.807, 2.05) is 0 Å². The van der Waals surface area contributed by atoms with E-state index in [1.165, 1.54) is 6.07 Å². The lowest BCUT2D eigenvalue weighted by molar-refractivity contribution is -0.385. The zero-order valence-electron chi connectivity index (χ0n) is 9.21. The summed E-state index contributed by atoms with van der Waals surface area (Å²) < 4.78 is 18.5. The third-order valence-corrected chi connectivity index (χ3v) is 2.68. The molecule has 0 radical (unpaired) electrons. The average Bonchev–Trinajstić information content (AvgIpc) is 2.33. The first kappa shape index (κ1) is 13.1. The van der Waals surface area contributed by atoms with Gasteiger partial charge in [-0.15, -0.1) is 0 Å². The Bertz CT molecular complexity index is 653. The van der Waals surface area contributed by atoms with Crippen LogP contribution in [-0.2, 0) is 0 Å². The fraction of sp³-hybridized carbons (Fsp3) is 0. The van der Waals surface area contributed by atoms with Crippen molar-refractivity contribution in [1.29, 1.82) is 0 Å². The molecule has 2 N–H and O–H groups in total. The zero-order valence-corrected chi connectivity index (χ0v) is 10.8. The maximum Gasteiger partial charge on any atom is 0.312 e. The fourth-order valence-electron chi connectivity index (χ4n) is 1.26. The minimum Gasteiger partial charge on any atom is -0.431 e. The van der Waals surface area contributed by atoms with Gasteiger partial charge in [0.1, 0.15) is 18.0 Å². The molecule has 2 aromatic rings. The summed E-state index contributed by atoms with van der Waals surface area (Å²) in [5.41, 5.74) is 5.02. The summed E-state index contributed by atoms with van der Waals surface area (Å²) in [5, 5.41) is 10.9. The molecule has 98 valence electrons. The van der Waals surface area contributed by atoms with Crippen molar-refractivity contribution in [2.24, 2.45) is 0 Å². The molecule has 0 atom stereocenters. The minimum absolute atomic E-state index is 0.0164. The molecule has 0 bridgehead atoms. The molecule has 0 spiro atoms. The first-order valence-corrected chi connectivity index (χ1v) is 5.65. The Labute approximate surface area is 114 Å². The Hall–Kier alpha value is -2.29. The van der Waals surface area contributed by atoms with Crippen molar-refractivity contribution < 1.29 is 14.1 Å². The molecule has 9 heteroatoms. The van der Waals surface area contributed by atoms with Crippen LogP contribution in [0.4, 0.5) is 15.9 Å². The van der Waals surface area contributed by atoms with Crippen molar-refractivity contribution in [3.63, 3.8) is 0 Å². The van der Waals surface area contributed by atoms with Crippen LogP contribution in [0.3, 0.4) is 0 Å². The molecular weight excluding hydrogens is 323 g/mol. The standard InChI is InChI=1S/C10H6BrFN4O3/c11-5-1-7(16(17)18)8(2-6(5)12)19-10-3-9(13)14-4-15-10/h1-4H,(H2,13,14,15). The number of ether oxygens (including phenoxy) is 1. The number of anilines is 1. The SMILES string of the molecule is Nc1cc(Oc2cc(F)c(Br)cc2[N+](=O)[O-])ncn1. The second-order valence-electron chi connectivity index (χ2n) is 3.37. The van der Waals surface area contributed by atoms with Gasteiger partial charge in [-0.3, -0.25) is 10.1 Å². The summed E-state index contributed by atoms with van der Waals surface area (Å²) in [6, 6.07) is 3.17. The fourth-order valence-corrected chi connectivity index (χ4v) is 1.60. The lowest BCUT2D eigenvalue weighted by Crippen LogP contribution is -1.98. The molecule has 1 heterocycles. The van der Waals surface area contributed by atoms with E-state index in [1.54, 1.807) is 0 Å². The molecule has 0 aliphatic heterocycles. The van der Waals surface area contributed by atoms with Crippen molar-refractivity contribution in [3.8, 4) is 11.6 Å². The topological polar surface area (TPSA) is 104 Å². The Kier molecular flexibility index (Phi) is 3.56. The molecule has 0 aliphatic carbocycles. The van der Waals surface area contributed by atoms with Gasteiger partial charge in [-0.05, 0) is 15.9 Å². The summed E-state index contributed by atoms with van der Waals surface area (Å²) in [7, 11) is 0. The van der Waals surface area contributed by atoms with Gasteiger partial charge in [0.05, 0.1) is 9.40 Å². The molecule has 0 aliphatic rings. The number of halogens is 2. The van der Waals surface area contributed by atoms with Crippen LogP contribution in [0.25, 0.3) is 0 Å². The normalized spacial score (nSPS) is 10.2. The number of benzene rings is 1. The molecule has 2 rings (SSSR count). The Balaban J connectivity index is 2.44. The highest BCUT2D eigenvalue weighted by molar-refractivity contribution is 9.10. The van der Waals surface area contributed by atoms with Crippen LogP contribution in [0.15, 0.2) is 29.0 Å². The molecule has 0 fully saturated rings. The molecule has 19 heavy (non-hydrogen) atoms. The molecule has 0 saturated heterocycles. The maximum atomic E-state index is 13.4. The van der Waals surface area contributed by atoms with E-state index in [4.69, 9.17) is 10.5 Å². The summed E-state index contributed by atoms with van der Waals surface area (Å²) in [6.45, 7) is 0. The minimum atomic E-state index is -0.692. The molecule has 0 saturated carbocycles. The van der Waals surface area contributed by atoms with Crippen LogP contribution >= 0.6 is 15.9 Å². The Morgan fingerprint density at radius 3 is 2.74 bits per heavy atom. The average molecular weight is 329 g/mol. The summed E-state index contributed by atoms with van der Waals surface area (Å²) in [4.78, 5) is 17.5. The Morgan fingerprint density at radius 1 is 1.37 bits per heavy atom. The predicted molar refractivity (Wildman–Crippen MR) is 67.3 cm³/mol. The van der Waals surface area contributed by atoms with Crippen molar-refractivity contribution >= 4 is 27.4 Å². The second kappa shape index (κ2) is 5.14. The quantitative estimate of drug-likeness (QED) is 0.686. The van der Waals surface area contributed by atoms with Gasteiger partial charge >= 0.3 is 5.69 Å². The van der Waals surface area contributed by atoms with Crippen molar-refractivity contribution in [3.05, 3.63) is 44.9 Å². The van der Waals surface area contributed by atoms with Crippen LogP contribution in [0, 0.1) is 15.9 Å². The van der Waals surface area contributed by atoms with E-state index in [2.05, 4.69) is 25.9 Å². The van der Waals surface area contributed by atoms with Gasteiger partial charge in [0.2, 0.25) is 11.6 Å². The Morgan fingerprint density at radius 2 is 2.11 bits per heavy atom. The first-order valence-electron chi connectivity index (χ1n) is 4.86. The van der Waals surface area contributed by atoms with E-state index in [-0.39, 0.29) is 21.9 Å². The highest BCUT2D eigenvalue weighted by atomic mass is 79.9. The number of nitrogen functional groups attached to an aromatic ring is 1. The number of nitro groups is 1. The van der Waals surface area contributed by atoms with E-state index < -0.39 is 16.4 Å². The zero-order chi connectivity index (χ0) is 14.0. The number of nitrogens with zero attached hydrogens (tertiary/aromatic N) is 3. The van der Waals surface area contributed by atoms with Crippen LogP contribution in [0.2, 0.25) is 0 Å². The molecule has 1 aromatic heterocycles. The number of hydrogen-bond acceptors (Lipinski definition) is 6. The van der Waals surface area contributed by atoms with Gasteiger partial charge in [-0.2, -0.15) is 0 Å². The summed E-state index contributed by atoms with van der Waals surface area (Å²) in [5.74, 6) is -0.853. The monoisotopic (exact) mass is 328 g/mol. The maximum absolute atomic E-state index is 13.4. The largest absolute Gasteiger partial charge is 0.431 e. The van der Waals surface area contributed by atoms with Gasteiger partial charge in [-0.25, -0.2) is 14.4 Å². The molecule has 7 nitrogen and oxygen atoms in total. The summed E-state index contributed by atoms with van der Waals surface area (Å²) >= 11 is 2.86. The van der Waals surface area contributed by atoms with Crippen LogP contribution in [0.5, 0.6) is 11.6 Å². The van der Waals surface area contributed by atoms with Gasteiger partial charge in [0.15, 0.2) is 0 Å². The third kappa shape index (κ3) is 2.94. The lowest BCUT2D eigenvalue weighted by atomic mass is 10.3. The van der Waals surface area contributed by atoms with Gasteiger partial charge in [-0.1, -0.05) is 0 Å². The third-order valence-electron chi connectivity index (χ3n) is 2.08. The van der Waals surface area contributed by atoms with E-state index >= 15 is 0 Å². The van der Waals surface area contributed by atoms with Crippen molar-refractivity contribution in [2.75, 3.05) is 5.73 Å². The van der Waals surface area contributed by atoms with Gasteiger partial charge < -0.3 is 10.5 Å². The van der Waals surface area contributed by atoms with Gasteiger partial charge in [0, 0.05) is 18.2 Å². The van der Waals surface area contributed by atoms with Crippen molar-refractivity contribution in [2.45, 2.75) is 0 Å². The number of nitro benzene ring substituents is 1. The number of hydrogen-bond donors (Lipinski definition) is 1.